The SMILES string of the molecule is CC1C(=O)NCCN1C(=O)C1CCCC(F)(F)C1. The molecule has 0 bridgehead atoms. The van der Waals surface area contributed by atoms with Crippen molar-refractivity contribution in [3.05, 3.63) is 0 Å². The number of nitrogens with one attached hydrogen (secondary N) is 1. The molecule has 0 aromatic rings. The average Bonchev–Trinajstić information content (AvgIpc) is 2.30. The Labute approximate surface area is 105 Å². The molecule has 2 rings (SSSR count). The summed E-state index contributed by atoms with van der Waals surface area (Å²) in [6.07, 6.45) is 0.362. The minimum Gasteiger partial charge on any atom is -0.353 e. The third-order valence-electron chi connectivity index (χ3n) is 3.77. The number of carbonyl (C=O) groups excluding carboxylic acids is 2. The number of amides is 2. The van der Waals surface area contributed by atoms with Crippen LogP contribution in [0.15, 0.2) is 0 Å². The van der Waals surface area contributed by atoms with Crippen LogP contribution in [0, 0.1) is 5.92 Å². The first-order valence-corrected chi connectivity index (χ1v) is 6.37. The van der Waals surface area contributed by atoms with Crippen LogP contribution in [0.2, 0.25) is 0 Å². The lowest BCUT2D eigenvalue weighted by Gasteiger charge is -2.37. The molecule has 1 saturated carbocycles. The molecule has 1 saturated heterocycles. The van der Waals surface area contributed by atoms with E-state index in [-0.39, 0.29) is 24.7 Å². The molecular weight excluding hydrogens is 242 g/mol. The first-order valence-electron chi connectivity index (χ1n) is 6.37. The monoisotopic (exact) mass is 260 g/mol. The third kappa shape index (κ3) is 2.62. The van der Waals surface area contributed by atoms with Crippen molar-refractivity contribution in [2.75, 3.05) is 13.1 Å². The number of halogens is 2. The molecule has 0 aromatic carbocycles. The number of piperazine rings is 1. The van der Waals surface area contributed by atoms with Crippen LogP contribution in [-0.2, 0) is 9.59 Å². The smallest absolute Gasteiger partial charge is 0.248 e. The molecular formula is C12H18F2N2O2. The van der Waals surface area contributed by atoms with Crippen molar-refractivity contribution >= 4 is 11.8 Å². The van der Waals surface area contributed by atoms with E-state index in [1.54, 1.807) is 6.92 Å². The summed E-state index contributed by atoms with van der Waals surface area (Å²) >= 11 is 0. The Kier molecular flexibility index (Phi) is 3.54. The van der Waals surface area contributed by atoms with Crippen LogP contribution in [-0.4, -0.2) is 41.8 Å². The Morgan fingerprint density at radius 3 is 2.89 bits per heavy atom. The van der Waals surface area contributed by atoms with Crippen LogP contribution in [0.25, 0.3) is 0 Å². The zero-order chi connectivity index (χ0) is 13.3. The van der Waals surface area contributed by atoms with E-state index in [0.717, 1.165) is 0 Å². The second-order valence-corrected chi connectivity index (χ2v) is 5.15. The first kappa shape index (κ1) is 13.2. The van der Waals surface area contributed by atoms with Gasteiger partial charge in [0.1, 0.15) is 6.04 Å². The van der Waals surface area contributed by atoms with Crippen molar-refractivity contribution in [3.63, 3.8) is 0 Å². The molecule has 4 nitrogen and oxygen atoms in total. The maximum atomic E-state index is 13.3. The molecule has 1 N–H and O–H groups in total. The lowest BCUT2D eigenvalue weighted by atomic mass is 9.85. The lowest BCUT2D eigenvalue weighted by molar-refractivity contribution is -0.150. The topological polar surface area (TPSA) is 49.4 Å². The molecule has 2 aliphatic rings. The Hall–Kier alpha value is -1.20. The summed E-state index contributed by atoms with van der Waals surface area (Å²) in [4.78, 5) is 25.1. The predicted octanol–water partition coefficient (Wildman–Crippen LogP) is 1.16. The Morgan fingerprint density at radius 1 is 1.50 bits per heavy atom. The van der Waals surface area contributed by atoms with Gasteiger partial charge in [-0.1, -0.05) is 0 Å². The van der Waals surface area contributed by atoms with Crippen molar-refractivity contribution in [2.45, 2.75) is 44.6 Å². The molecule has 0 spiro atoms. The zero-order valence-corrected chi connectivity index (χ0v) is 10.4. The van der Waals surface area contributed by atoms with E-state index in [1.165, 1.54) is 4.90 Å². The molecule has 1 heterocycles. The number of rotatable bonds is 1. The van der Waals surface area contributed by atoms with Crippen molar-refractivity contribution in [3.8, 4) is 0 Å². The summed E-state index contributed by atoms with van der Waals surface area (Å²) in [6, 6.07) is -0.554. The van der Waals surface area contributed by atoms with Gasteiger partial charge in [0.2, 0.25) is 17.7 Å². The molecule has 2 unspecified atom stereocenters. The summed E-state index contributed by atoms with van der Waals surface area (Å²) in [6.45, 7) is 2.44. The van der Waals surface area contributed by atoms with E-state index >= 15 is 0 Å². The summed E-state index contributed by atoms with van der Waals surface area (Å²) in [5, 5.41) is 2.65. The minimum absolute atomic E-state index is 0.132. The van der Waals surface area contributed by atoms with Crippen LogP contribution >= 0.6 is 0 Å². The van der Waals surface area contributed by atoms with Gasteiger partial charge in [0.15, 0.2) is 0 Å². The number of hydrogen-bond acceptors (Lipinski definition) is 2. The predicted molar refractivity (Wildman–Crippen MR) is 61.1 cm³/mol. The van der Waals surface area contributed by atoms with Crippen LogP contribution in [0.4, 0.5) is 8.78 Å². The van der Waals surface area contributed by atoms with Gasteiger partial charge in [-0.25, -0.2) is 8.78 Å². The van der Waals surface area contributed by atoms with Crippen molar-refractivity contribution in [1.82, 2.24) is 10.2 Å². The second kappa shape index (κ2) is 4.82. The van der Waals surface area contributed by atoms with E-state index < -0.39 is 17.9 Å². The quantitative estimate of drug-likeness (QED) is 0.769. The van der Waals surface area contributed by atoms with Gasteiger partial charge in [-0.05, 0) is 19.8 Å². The van der Waals surface area contributed by atoms with Crippen LogP contribution in [0.5, 0.6) is 0 Å². The maximum Gasteiger partial charge on any atom is 0.248 e. The van der Waals surface area contributed by atoms with Gasteiger partial charge in [-0.2, -0.15) is 0 Å². The lowest BCUT2D eigenvalue weighted by Crippen LogP contribution is -2.57. The third-order valence-corrected chi connectivity index (χ3v) is 3.77. The second-order valence-electron chi connectivity index (χ2n) is 5.15. The van der Waals surface area contributed by atoms with Crippen LogP contribution < -0.4 is 5.32 Å². The fourth-order valence-electron chi connectivity index (χ4n) is 2.70. The molecule has 2 atom stereocenters. The van der Waals surface area contributed by atoms with Gasteiger partial charge in [0, 0.05) is 31.8 Å². The molecule has 6 heteroatoms. The van der Waals surface area contributed by atoms with E-state index in [1.807, 2.05) is 0 Å². The maximum absolute atomic E-state index is 13.3. The molecule has 2 fully saturated rings. The molecule has 1 aliphatic heterocycles. The van der Waals surface area contributed by atoms with Crippen LogP contribution in [0.1, 0.15) is 32.6 Å². The molecule has 2 amide bonds. The zero-order valence-electron chi connectivity index (χ0n) is 10.4. The normalized spacial score (nSPS) is 31.9. The highest BCUT2D eigenvalue weighted by Crippen LogP contribution is 2.37. The van der Waals surface area contributed by atoms with E-state index in [0.29, 0.717) is 25.9 Å². The first-order chi connectivity index (χ1) is 8.41. The number of nitrogens with zero attached hydrogens (tertiary/aromatic N) is 1. The number of alkyl halides is 2. The molecule has 1 aliphatic carbocycles. The highest BCUT2D eigenvalue weighted by atomic mass is 19.3. The summed E-state index contributed by atoms with van der Waals surface area (Å²) in [7, 11) is 0. The average molecular weight is 260 g/mol. The van der Waals surface area contributed by atoms with Gasteiger partial charge >= 0.3 is 0 Å². The van der Waals surface area contributed by atoms with Gasteiger partial charge in [-0.3, -0.25) is 9.59 Å². The molecule has 18 heavy (non-hydrogen) atoms. The largest absolute Gasteiger partial charge is 0.353 e. The minimum atomic E-state index is -2.74. The molecule has 102 valence electrons. The number of carbonyl (C=O) groups is 2. The Morgan fingerprint density at radius 2 is 2.22 bits per heavy atom. The van der Waals surface area contributed by atoms with E-state index in [4.69, 9.17) is 0 Å². The van der Waals surface area contributed by atoms with Crippen molar-refractivity contribution in [2.24, 2.45) is 5.92 Å². The molecule has 0 aromatic heterocycles. The summed E-state index contributed by atoms with van der Waals surface area (Å²) < 4.78 is 26.6. The van der Waals surface area contributed by atoms with Gasteiger partial charge < -0.3 is 10.2 Å². The van der Waals surface area contributed by atoms with Crippen molar-refractivity contribution < 1.29 is 18.4 Å². The standard InChI is InChI=1S/C12H18F2N2O2/c1-8-10(17)15-5-6-16(8)11(18)9-3-2-4-12(13,14)7-9/h8-9H,2-7H2,1H3,(H,15,17). The highest BCUT2D eigenvalue weighted by Gasteiger charge is 2.42. The summed E-state index contributed by atoms with van der Waals surface area (Å²) in [5.74, 6) is -3.88. The summed E-state index contributed by atoms with van der Waals surface area (Å²) in [5.41, 5.74) is 0. The van der Waals surface area contributed by atoms with Gasteiger partial charge in [0.25, 0.3) is 0 Å². The highest BCUT2D eigenvalue weighted by molar-refractivity contribution is 5.89. The van der Waals surface area contributed by atoms with Gasteiger partial charge in [0.05, 0.1) is 0 Å². The molecule has 0 radical (unpaired) electrons. The van der Waals surface area contributed by atoms with E-state index in [9.17, 15) is 18.4 Å². The number of hydrogen-bond donors (Lipinski definition) is 1. The van der Waals surface area contributed by atoms with Gasteiger partial charge in [-0.15, -0.1) is 0 Å². The Balaban J connectivity index is 2.04. The Bertz CT molecular complexity index is 360. The fourth-order valence-corrected chi connectivity index (χ4v) is 2.70. The fraction of sp³-hybridized carbons (Fsp3) is 0.833. The van der Waals surface area contributed by atoms with Crippen molar-refractivity contribution in [1.29, 1.82) is 0 Å². The van der Waals surface area contributed by atoms with Crippen LogP contribution in [0.3, 0.4) is 0 Å². The van der Waals surface area contributed by atoms with E-state index in [2.05, 4.69) is 5.32 Å².